The minimum atomic E-state index is -0.773. The summed E-state index contributed by atoms with van der Waals surface area (Å²) in [7, 11) is 0. The highest BCUT2D eigenvalue weighted by Gasteiger charge is 2.30. The fraction of sp³-hybridized carbons (Fsp3) is 0.545. The molecule has 1 aliphatic rings. The number of hydrogen-bond acceptors (Lipinski definition) is 4. The standard InChI is InChI=1S/C11H15N3O2/c1-8-10(13-6-5-12-8)14-7-3-2-4-9(14)11(15)16/h5-6,9H,2-4,7H2,1H3,(H,15,16). The van der Waals surface area contributed by atoms with E-state index in [0.29, 0.717) is 12.2 Å². The van der Waals surface area contributed by atoms with Crippen molar-refractivity contribution in [3.8, 4) is 0 Å². The molecule has 1 aliphatic heterocycles. The van der Waals surface area contributed by atoms with Gasteiger partial charge in [-0.3, -0.25) is 4.98 Å². The van der Waals surface area contributed by atoms with Gasteiger partial charge in [0.05, 0.1) is 5.69 Å². The summed E-state index contributed by atoms with van der Waals surface area (Å²) in [6.45, 7) is 2.60. The first kappa shape index (κ1) is 10.9. The summed E-state index contributed by atoms with van der Waals surface area (Å²) in [5, 5.41) is 9.17. The minimum absolute atomic E-state index is 0.454. The molecule has 1 atom stereocenters. The van der Waals surface area contributed by atoms with Gasteiger partial charge in [-0.25, -0.2) is 9.78 Å². The smallest absolute Gasteiger partial charge is 0.326 e. The number of carboxylic acid groups (broad SMARTS) is 1. The second-order valence-corrected chi connectivity index (χ2v) is 4.01. The maximum atomic E-state index is 11.2. The number of aryl methyl sites for hydroxylation is 1. The van der Waals surface area contributed by atoms with Crippen molar-refractivity contribution in [1.29, 1.82) is 0 Å². The molecule has 0 bridgehead atoms. The van der Waals surface area contributed by atoms with Crippen LogP contribution in [0.3, 0.4) is 0 Å². The molecule has 0 aromatic carbocycles. The third-order valence-electron chi connectivity index (χ3n) is 2.92. The predicted octanol–water partition coefficient (Wildman–Crippen LogP) is 1.23. The topological polar surface area (TPSA) is 66.3 Å². The molecule has 1 aromatic rings. The van der Waals surface area contributed by atoms with Gasteiger partial charge in [0.2, 0.25) is 0 Å². The summed E-state index contributed by atoms with van der Waals surface area (Å²) in [5.41, 5.74) is 0.788. The van der Waals surface area contributed by atoms with Crippen LogP contribution in [0.4, 0.5) is 5.82 Å². The van der Waals surface area contributed by atoms with E-state index in [2.05, 4.69) is 9.97 Å². The van der Waals surface area contributed by atoms with Crippen molar-refractivity contribution in [3.05, 3.63) is 18.1 Å². The summed E-state index contributed by atoms with van der Waals surface area (Å²) >= 11 is 0. The highest BCUT2D eigenvalue weighted by atomic mass is 16.4. The molecule has 5 nitrogen and oxygen atoms in total. The van der Waals surface area contributed by atoms with Crippen LogP contribution in [0.1, 0.15) is 25.0 Å². The molecule has 1 aromatic heterocycles. The number of anilines is 1. The maximum absolute atomic E-state index is 11.2. The monoisotopic (exact) mass is 221 g/mol. The number of hydrogen-bond donors (Lipinski definition) is 1. The molecule has 1 N–H and O–H groups in total. The first-order chi connectivity index (χ1) is 7.70. The van der Waals surface area contributed by atoms with E-state index in [4.69, 9.17) is 0 Å². The minimum Gasteiger partial charge on any atom is -0.480 e. The quantitative estimate of drug-likeness (QED) is 0.813. The van der Waals surface area contributed by atoms with Crippen molar-refractivity contribution in [2.24, 2.45) is 0 Å². The van der Waals surface area contributed by atoms with E-state index in [1.807, 2.05) is 11.8 Å². The van der Waals surface area contributed by atoms with Crippen molar-refractivity contribution in [2.75, 3.05) is 11.4 Å². The van der Waals surface area contributed by atoms with Crippen LogP contribution in [0.15, 0.2) is 12.4 Å². The number of aliphatic carboxylic acids is 1. The van der Waals surface area contributed by atoms with Gasteiger partial charge in [0, 0.05) is 18.9 Å². The fourth-order valence-electron chi connectivity index (χ4n) is 2.12. The zero-order chi connectivity index (χ0) is 11.5. The van der Waals surface area contributed by atoms with E-state index in [-0.39, 0.29) is 0 Å². The molecule has 5 heteroatoms. The third kappa shape index (κ3) is 1.98. The third-order valence-corrected chi connectivity index (χ3v) is 2.92. The van der Waals surface area contributed by atoms with Gasteiger partial charge in [0.25, 0.3) is 0 Å². The lowest BCUT2D eigenvalue weighted by atomic mass is 10.0. The van der Waals surface area contributed by atoms with Gasteiger partial charge >= 0.3 is 5.97 Å². The number of carboxylic acids is 1. The molecule has 0 radical (unpaired) electrons. The van der Waals surface area contributed by atoms with Crippen LogP contribution in [0.2, 0.25) is 0 Å². The normalized spacial score (nSPS) is 20.8. The first-order valence-electron chi connectivity index (χ1n) is 5.47. The number of aromatic nitrogens is 2. The average molecular weight is 221 g/mol. The van der Waals surface area contributed by atoms with E-state index in [1.54, 1.807) is 12.4 Å². The van der Waals surface area contributed by atoms with Crippen LogP contribution < -0.4 is 4.90 Å². The van der Waals surface area contributed by atoms with Crippen molar-refractivity contribution in [2.45, 2.75) is 32.2 Å². The van der Waals surface area contributed by atoms with Gasteiger partial charge in [-0.05, 0) is 26.2 Å². The van der Waals surface area contributed by atoms with E-state index in [1.165, 1.54) is 0 Å². The fourth-order valence-corrected chi connectivity index (χ4v) is 2.12. The molecule has 0 amide bonds. The molecule has 2 heterocycles. The Kier molecular flexibility index (Phi) is 3.03. The SMILES string of the molecule is Cc1nccnc1N1CCCCC1C(=O)O. The number of rotatable bonds is 2. The van der Waals surface area contributed by atoms with Gasteiger partial charge in [0.15, 0.2) is 5.82 Å². The van der Waals surface area contributed by atoms with Gasteiger partial charge in [0.1, 0.15) is 6.04 Å². The van der Waals surface area contributed by atoms with Gasteiger partial charge in [-0.15, -0.1) is 0 Å². The molecule has 0 saturated carbocycles. The molecule has 1 saturated heterocycles. The van der Waals surface area contributed by atoms with Crippen molar-refractivity contribution < 1.29 is 9.90 Å². The van der Waals surface area contributed by atoms with E-state index < -0.39 is 12.0 Å². The summed E-state index contributed by atoms with van der Waals surface area (Å²) < 4.78 is 0. The van der Waals surface area contributed by atoms with Gasteiger partial charge < -0.3 is 10.0 Å². The van der Waals surface area contributed by atoms with Crippen LogP contribution in [0.25, 0.3) is 0 Å². The van der Waals surface area contributed by atoms with Crippen LogP contribution in [0.5, 0.6) is 0 Å². The number of nitrogens with zero attached hydrogens (tertiary/aromatic N) is 3. The zero-order valence-electron chi connectivity index (χ0n) is 9.26. The van der Waals surface area contributed by atoms with E-state index in [9.17, 15) is 9.90 Å². The molecular weight excluding hydrogens is 206 g/mol. The molecule has 0 aliphatic carbocycles. The summed E-state index contributed by atoms with van der Waals surface area (Å²) in [4.78, 5) is 21.4. The molecule has 0 spiro atoms. The highest BCUT2D eigenvalue weighted by molar-refractivity contribution is 5.78. The molecule has 1 unspecified atom stereocenters. The summed E-state index contributed by atoms with van der Waals surface area (Å²) in [6.07, 6.45) is 5.90. The van der Waals surface area contributed by atoms with Crippen molar-refractivity contribution >= 4 is 11.8 Å². The Labute approximate surface area is 94.1 Å². The number of piperidine rings is 1. The predicted molar refractivity (Wildman–Crippen MR) is 59.4 cm³/mol. The average Bonchev–Trinajstić information content (AvgIpc) is 2.29. The van der Waals surface area contributed by atoms with E-state index in [0.717, 1.165) is 25.1 Å². The Morgan fingerprint density at radius 3 is 2.88 bits per heavy atom. The lowest BCUT2D eigenvalue weighted by Gasteiger charge is -2.34. The van der Waals surface area contributed by atoms with Crippen molar-refractivity contribution in [1.82, 2.24) is 9.97 Å². The Morgan fingerprint density at radius 1 is 1.44 bits per heavy atom. The van der Waals surface area contributed by atoms with E-state index >= 15 is 0 Å². The van der Waals surface area contributed by atoms with Crippen LogP contribution in [-0.2, 0) is 4.79 Å². The first-order valence-corrected chi connectivity index (χ1v) is 5.47. The van der Waals surface area contributed by atoms with Crippen LogP contribution in [-0.4, -0.2) is 33.6 Å². The molecule has 16 heavy (non-hydrogen) atoms. The molecule has 2 rings (SSSR count). The second kappa shape index (κ2) is 4.47. The Hall–Kier alpha value is -1.65. The highest BCUT2D eigenvalue weighted by Crippen LogP contribution is 2.24. The lowest BCUT2D eigenvalue weighted by molar-refractivity contribution is -0.139. The maximum Gasteiger partial charge on any atom is 0.326 e. The zero-order valence-corrected chi connectivity index (χ0v) is 9.26. The molecule has 1 fully saturated rings. The van der Waals surface area contributed by atoms with Gasteiger partial charge in [-0.2, -0.15) is 0 Å². The Bertz CT molecular complexity index is 395. The Balaban J connectivity index is 2.30. The Morgan fingerprint density at radius 2 is 2.19 bits per heavy atom. The largest absolute Gasteiger partial charge is 0.480 e. The lowest BCUT2D eigenvalue weighted by Crippen LogP contribution is -2.45. The summed E-state index contributed by atoms with van der Waals surface area (Å²) in [6, 6.07) is -0.454. The van der Waals surface area contributed by atoms with Crippen LogP contribution >= 0.6 is 0 Å². The van der Waals surface area contributed by atoms with Crippen molar-refractivity contribution in [3.63, 3.8) is 0 Å². The second-order valence-electron chi connectivity index (χ2n) is 4.01. The molecule has 86 valence electrons. The number of carbonyl (C=O) groups is 1. The summed E-state index contributed by atoms with van der Waals surface area (Å²) in [5.74, 6) is -0.0700. The molecular formula is C11H15N3O2. The van der Waals surface area contributed by atoms with Gasteiger partial charge in [-0.1, -0.05) is 0 Å². The van der Waals surface area contributed by atoms with Crippen LogP contribution in [0, 0.1) is 6.92 Å².